The fourth-order valence-corrected chi connectivity index (χ4v) is 5.48. The minimum Gasteiger partial charge on any atom is -0.478 e. The number of amides is 2. The third-order valence-corrected chi connectivity index (χ3v) is 6.80. The molecule has 0 radical (unpaired) electrons. The summed E-state index contributed by atoms with van der Waals surface area (Å²) in [6, 6.07) is 8.01. The molecule has 0 aliphatic carbocycles. The molecule has 3 rings (SSSR count). The van der Waals surface area contributed by atoms with Gasteiger partial charge in [0.15, 0.2) is 0 Å². The predicted octanol–water partition coefficient (Wildman–Crippen LogP) is 3.61. The molecule has 1 saturated heterocycles. The van der Waals surface area contributed by atoms with E-state index in [9.17, 15) is 24.3 Å². The van der Waals surface area contributed by atoms with Crippen LogP contribution in [0.3, 0.4) is 0 Å². The predicted molar refractivity (Wildman–Crippen MR) is 110 cm³/mol. The van der Waals surface area contributed by atoms with Gasteiger partial charge >= 0.3 is 11.9 Å². The molecular formula is C20H19NO6S2. The average Bonchev–Trinajstić information content (AvgIpc) is 3.22. The molecule has 0 spiro atoms. The Labute approximate surface area is 175 Å². The van der Waals surface area contributed by atoms with Crippen LogP contribution in [0.1, 0.15) is 45.4 Å². The molecule has 0 bridgehead atoms. The Morgan fingerprint density at radius 2 is 2.00 bits per heavy atom. The fraction of sp³-hybridized carbons (Fsp3) is 0.300. The number of ether oxygens (including phenoxy) is 1. The van der Waals surface area contributed by atoms with Crippen molar-refractivity contribution < 1.29 is 29.0 Å². The summed E-state index contributed by atoms with van der Waals surface area (Å²) in [5.74, 6) is -2.59. The molecule has 0 saturated carbocycles. The van der Waals surface area contributed by atoms with Crippen LogP contribution in [0.5, 0.6) is 0 Å². The number of nitrogens with zero attached hydrogens (tertiary/aromatic N) is 1. The van der Waals surface area contributed by atoms with Crippen LogP contribution < -0.4 is 4.90 Å². The second-order valence-corrected chi connectivity index (χ2v) is 8.71. The molecule has 0 unspecified atom stereocenters. The zero-order valence-electron chi connectivity index (χ0n) is 15.8. The number of hydrogen-bond donors (Lipinski definition) is 1. The zero-order valence-corrected chi connectivity index (χ0v) is 17.5. The van der Waals surface area contributed by atoms with Crippen molar-refractivity contribution in [2.45, 2.75) is 36.3 Å². The van der Waals surface area contributed by atoms with Crippen molar-refractivity contribution in [3.63, 3.8) is 0 Å². The summed E-state index contributed by atoms with van der Waals surface area (Å²) in [6.45, 7) is 2.00. The molecule has 1 aromatic carbocycles. The first-order valence-corrected chi connectivity index (χ1v) is 10.6. The number of aryl methyl sites for hydroxylation is 1. The van der Waals surface area contributed by atoms with E-state index < -0.39 is 29.0 Å². The molecule has 29 heavy (non-hydrogen) atoms. The fourth-order valence-electron chi connectivity index (χ4n) is 3.03. The Kier molecular flexibility index (Phi) is 6.39. The lowest BCUT2D eigenvalue weighted by Crippen LogP contribution is -2.31. The van der Waals surface area contributed by atoms with Gasteiger partial charge in [0.25, 0.3) is 0 Å². The van der Waals surface area contributed by atoms with E-state index >= 15 is 0 Å². The third kappa shape index (κ3) is 4.20. The Hall–Kier alpha value is -2.65. The molecule has 1 aliphatic rings. The minimum atomic E-state index is -1.10. The van der Waals surface area contributed by atoms with E-state index in [2.05, 4.69) is 0 Å². The van der Waals surface area contributed by atoms with Gasteiger partial charge in [-0.15, -0.1) is 23.1 Å². The van der Waals surface area contributed by atoms with Gasteiger partial charge < -0.3 is 9.84 Å². The van der Waals surface area contributed by atoms with Crippen LogP contribution in [0.4, 0.5) is 5.00 Å². The summed E-state index contributed by atoms with van der Waals surface area (Å²) in [4.78, 5) is 51.6. The van der Waals surface area contributed by atoms with Crippen molar-refractivity contribution in [2.24, 2.45) is 0 Å². The van der Waals surface area contributed by atoms with Crippen molar-refractivity contribution in [1.82, 2.24) is 0 Å². The normalized spacial score (nSPS) is 16.3. The van der Waals surface area contributed by atoms with Crippen molar-refractivity contribution >= 4 is 51.9 Å². The summed E-state index contributed by atoms with van der Waals surface area (Å²) in [7, 11) is 1.25. The molecule has 1 aliphatic heterocycles. The lowest BCUT2D eigenvalue weighted by molar-refractivity contribution is -0.121. The first-order valence-electron chi connectivity index (χ1n) is 8.94. The van der Waals surface area contributed by atoms with E-state index in [4.69, 9.17) is 4.74 Å². The second kappa shape index (κ2) is 8.79. The molecule has 2 amide bonds. The van der Waals surface area contributed by atoms with Crippen LogP contribution in [-0.2, 0) is 20.7 Å². The Bertz CT molecular complexity index is 983. The first kappa shape index (κ1) is 21.1. The topological polar surface area (TPSA) is 101 Å². The number of thioether (sulfide) groups is 1. The highest BCUT2D eigenvalue weighted by Crippen LogP contribution is 2.40. The van der Waals surface area contributed by atoms with Gasteiger partial charge in [0.1, 0.15) is 5.00 Å². The number of anilines is 1. The summed E-state index contributed by atoms with van der Waals surface area (Å²) in [5, 5.41) is 8.85. The van der Waals surface area contributed by atoms with Crippen molar-refractivity contribution in [3.8, 4) is 0 Å². The number of carbonyl (C=O) groups excluding carboxylic acids is 3. The van der Waals surface area contributed by atoms with E-state index in [1.807, 2.05) is 6.92 Å². The number of methoxy groups -OCH3 is 1. The average molecular weight is 434 g/mol. The van der Waals surface area contributed by atoms with Gasteiger partial charge in [-0.1, -0.05) is 25.5 Å². The molecule has 2 heterocycles. The molecule has 9 heteroatoms. The molecular weight excluding hydrogens is 414 g/mol. The van der Waals surface area contributed by atoms with Crippen molar-refractivity contribution in [1.29, 1.82) is 0 Å². The molecule has 7 nitrogen and oxygen atoms in total. The van der Waals surface area contributed by atoms with Crippen LogP contribution in [0.2, 0.25) is 0 Å². The SMILES string of the molecule is CCCc1cc(C(=O)OC)c(N2C(=O)C[C@@H](Sc3ccccc3C(=O)O)C2=O)s1. The monoisotopic (exact) mass is 433 g/mol. The van der Waals surface area contributed by atoms with Gasteiger partial charge in [0.2, 0.25) is 11.8 Å². The van der Waals surface area contributed by atoms with E-state index in [1.165, 1.54) is 24.5 Å². The van der Waals surface area contributed by atoms with Gasteiger partial charge in [0, 0.05) is 16.2 Å². The van der Waals surface area contributed by atoms with Crippen molar-refractivity contribution in [3.05, 3.63) is 46.3 Å². The van der Waals surface area contributed by atoms with E-state index in [0.29, 0.717) is 4.90 Å². The standard InChI is InChI=1S/C20H19NO6S2/c1-3-6-11-9-13(20(26)27-2)18(28-11)21-16(22)10-15(17(21)23)29-14-8-5-4-7-12(14)19(24)25/h4-5,7-9,15H,3,6,10H2,1-2H3,(H,24,25)/t15-/m1/s1. The van der Waals surface area contributed by atoms with Gasteiger partial charge in [-0.2, -0.15) is 0 Å². The molecule has 2 aromatic rings. The van der Waals surface area contributed by atoms with Crippen LogP contribution in [-0.4, -0.2) is 41.2 Å². The highest BCUT2D eigenvalue weighted by Gasteiger charge is 2.43. The van der Waals surface area contributed by atoms with Gasteiger partial charge in [-0.05, 0) is 24.6 Å². The molecule has 1 fully saturated rings. The molecule has 152 valence electrons. The van der Waals surface area contributed by atoms with Crippen LogP contribution in [0.15, 0.2) is 35.2 Å². The maximum atomic E-state index is 13.0. The number of hydrogen-bond acceptors (Lipinski definition) is 7. The number of carboxylic acids is 1. The summed E-state index contributed by atoms with van der Waals surface area (Å²) in [6.07, 6.45) is 1.50. The number of rotatable bonds is 7. The minimum absolute atomic E-state index is 0.0704. The third-order valence-electron chi connectivity index (χ3n) is 4.36. The van der Waals surface area contributed by atoms with Crippen molar-refractivity contribution in [2.75, 3.05) is 12.0 Å². The van der Waals surface area contributed by atoms with Gasteiger partial charge in [-0.25, -0.2) is 14.5 Å². The maximum Gasteiger partial charge on any atom is 0.340 e. The van der Waals surface area contributed by atoms with Crippen LogP contribution in [0, 0.1) is 0 Å². The number of carboxylic acid groups (broad SMARTS) is 1. The first-order chi connectivity index (χ1) is 13.9. The number of benzene rings is 1. The van der Waals surface area contributed by atoms with Crippen LogP contribution in [0.25, 0.3) is 0 Å². The number of imide groups is 1. The number of aromatic carboxylic acids is 1. The van der Waals surface area contributed by atoms with E-state index in [-0.39, 0.29) is 22.5 Å². The van der Waals surface area contributed by atoms with Gasteiger partial charge in [0.05, 0.1) is 23.5 Å². The van der Waals surface area contributed by atoms with Crippen LogP contribution >= 0.6 is 23.1 Å². The maximum absolute atomic E-state index is 13.0. The van der Waals surface area contributed by atoms with E-state index in [0.717, 1.165) is 34.4 Å². The molecule has 1 N–H and O–H groups in total. The summed E-state index contributed by atoms with van der Waals surface area (Å²) >= 11 is 2.28. The Morgan fingerprint density at radius 1 is 1.28 bits per heavy atom. The largest absolute Gasteiger partial charge is 0.478 e. The second-order valence-electron chi connectivity index (χ2n) is 6.35. The number of esters is 1. The summed E-state index contributed by atoms with van der Waals surface area (Å²) < 4.78 is 4.81. The lowest BCUT2D eigenvalue weighted by Gasteiger charge is -2.15. The zero-order chi connectivity index (χ0) is 21.1. The quantitative estimate of drug-likeness (QED) is 0.526. The highest BCUT2D eigenvalue weighted by atomic mass is 32.2. The molecule has 1 aromatic heterocycles. The Balaban J connectivity index is 1.92. The highest BCUT2D eigenvalue weighted by molar-refractivity contribution is 8.00. The number of thiophene rings is 1. The Morgan fingerprint density at radius 3 is 2.66 bits per heavy atom. The van der Waals surface area contributed by atoms with Gasteiger partial charge in [-0.3, -0.25) is 9.59 Å². The van der Waals surface area contributed by atoms with E-state index in [1.54, 1.807) is 24.3 Å². The smallest absolute Gasteiger partial charge is 0.340 e. The number of carbonyl (C=O) groups is 4. The molecule has 1 atom stereocenters. The summed E-state index contributed by atoms with van der Waals surface area (Å²) in [5.41, 5.74) is 0.270. The lowest BCUT2D eigenvalue weighted by atomic mass is 10.2.